The zero-order valence-electron chi connectivity index (χ0n) is 21.7. The maximum atomic E-state index is 13.1. The zero-order chi connectivity index (χ0) is 26.9. The smallest absolute Gasteiger partial charge is 0.255 e. The number of benzene rings is 1. The first-order valence-corrected chi connectivity index (χ1v) is 12.8. The minimum Gasteiger partial charge on any atom is -0.491 e. The highest BCUT2D eigenvalue weighted by atomic mass is 16.5. The molecule has 3 rings (SSSR count). The Hall–Kier alpha value is -3.63. The van der Waals surface area contributed by atoms with Crippen molar-refractivity contribution in [3.05, 3.63) is 29.8 Å². The van der Waals surface area contributed by atoms with E-state index in [4.69, 9.17) is 4.74 Å². The molecule has 1 aromatic carbocycles. The quantitative estimate of drug-likeness (QED) is 0.498. The summed E-state index contributed by atoms with van der Waals surface area (Å²) >= 11 is 0. The average molecular weight is 516 g/mol. The molecule has 1 aromatic rings. The molecular formula is C26H37N5O6. The molecule has 202 valence electrons. The van der Waals surface area contributed by atoms with E-state index in [1.165, 1.54) is 4.90 Å². The molecule has 5 amide bonds. The maximum absolute atomic E-state index is 13.1. The Morgan fingerprint density at radius 2 is 1.89 bits per heavy atom. The predicted octanol–water partition coefficient (Wildman–Crippen LogP) is 0.295. The molecule has 0 radical (unpaired) electrons. The number of likely N-dealkylation sites (N-methyl/N-ethyl adjacent to an activating group) is 1. The normalized spacial score (nSPS) is 21.6. The topological polar surface area (TPSA) is 137 Å². The third-order valence-corrected chi connectivity index (χ3v) is 6.40. The van der Waals surface area contributed by atoms with Crippen LogP contribution < -0.4 is 20.7 Å². The van der Waals surface area contributed by atoms with Crippen LogP contribution in [-0.4, -0.2) is 91.3 Å². The van der Waals surface area contributed by atoms with Gasteiger partial charge in [0.2, 0.25) is 23.6 Å². The summed E-state index contributed by atoms with van der Waals surface area (Å²) in [6.07, 6.45) is 1.36. The van der Waals surface area contributed by atoms with Crippen molar-refractivity contribution in [1.82, 2.24) is 25.8 Å². The van der Waals surface area contributed by atoms with Gasteiger partial charge in [0, 0.05) is 33.1 Å². The fraction of sp³-hybridized carbons (Fsp3) is 0.577. The summed E-state index contributed by atoms with van der Waals surface area (Å²) < 4.78 is 5.81. The Balaban J connectivity index is 1.80. The van der Waals surface area contributed by atoms with E-state index in [2.05, 4.69) is 16.0 Å². The van der Waals surface area contributed by atoms with E-state index in [1.54, 1.807) is 36.2 Å². The van der Waals surface area contributed by atoms with Gasteiger partial charge in [-0.15, -0.1) is 0 Å². The monoisotopic (exact) mass is 515 g/mol. The number of likely N-dealkylation sites (tertiary alicyclic amines) is 1. The second kappa shape index (κ2) is 13.1. The SMILES string of the molecule is CC(C)C[C@@H]1NC(=O)C[C@@H](C(=O)NCCN2CCCC2=O)NC(=O)c2ccccc2OCCN(C)C1=O. The minimum absolute atomic E-state index is 0.0438. The van der Waals surface area contributed by atoms with Gasteiger partial charge in [0.25, 0.3) is 5.91 Å². The number of nitrogens with zero attached hydrogens (tertiary/aromatic N) is 2. The van der Waals surface area contributed by atoms with E-state index >= 15 is 0 Å². The number of fused-ring (bicyclic) bond motifs is 1. The summed E-state index contributed by atoms with van der Waals surface area (Å²) in [6.45, 7) is 5.51. The van der Waals surface area contributed by atoms with Crippen LogP contribution in [0.25, 0.3) is 0 Å². The summed E-state index contributed by atoms with van der Waals surface area (Å²) in [5, 5.41) is 8.13. The fourth-order valence-electron chi connectivity index (χ4n) is 4.40. The summed E-state index contributed by atoms with van der Waals surface area (Å²) in [4.78, 5) is 67.3. The van der Waals surface area contributed by atoms with Crippen LogP contribution in [0.3, 0.4) is 0 Å². The molecule has 2 aliphatic heterocycles. The molecule has 0 aliphatic carbocycles. The van der Waals surface area contributed by atoms with Crippen LogP contribution in [0.2, 0.25) is 0 Å². The van der Waals surface area contributed by atoms with Gasteiger partial charge < -0.3 is 30.5 Å². The van der Waals surface area contributed by atoms with E-state index in [0.29, 0.717) is 31.7 Å². The lowest BCUT2D eigenvalue weighted by atomic mass is 10.0. The number of amides is 5. The van der Waals surface area contributed by atoms with Gasteiger partial charge in [-0.2, -0.15) is 0 Å². The van der Waals surface area contributed by atoms with Crippen molar-refractivity contribution in [3.8, 4) is 5.75 Å². The van der Waals surface area contributed by atoms with Gasteiger partial charge in [0.1, 0.15) is 24.4 Å². The van der Waals surface area contributed by atoms with Gasteiger partial charge in [-0.05, 0) is 30.9 Å². The molecule has 2 aliphatic rings. The Morgan fingerprint density at radius 1 is 1.14 bits per heavy atom. The first-order chi connectivity index (χ1) is 17.7. The van der Waals surface area contributed by atoms with Crippen molar-refractivity contribution in [3.63, 3.8) is 0 Å². The molecule has 3 N–H and O–H groups in total. The van der Waals surface area contributed by atoms with Gasteiger partial charge in [-0.1, -0.05) is 26.0 Å². The van der Waals surface area contributed by atoms with Crippen LogP contribution in [0.15, 0.2) is 24.3 Å². The zero-order valence-corrected chi connectivity index (χ0v) is 21.7. The van der Waals surface area contributed by atoms with Crippen LogP contribution in [0, 0.1) is 5.92 Å². The summed E-state index contributed by atoms with van der Waals surface area (Å²) in [5.74, 6) is -1.39. The second-order valence-electron chi connectivity index (χ2n) is 9.86. The number of carbonyl (C=O) groups is 5. The molecule has 1 fully saturated rings. The molecule has 0 aromatic heterocycles. The van der Waals surface area contributed by atoms with Crippen molar-refractivity contribution < 1.29 is 28.7 Å². The molecule has 0 spiro atoms. The molecule has 11 nitrogen and oxygen atoms in total. The molecular weight excluding hydrogens is 478 g/mol. The third kappa shape index (κ3) is 7.93. The Bertz CT molecular complexity index is 1010. The lowest BCUT2D eigenvalue weighted by Crippen LogP contribution is -2.53. The molecule has 2 heterocycles. The largest absolute Gasteiger partial charge is 0.491 e. The van der Waals surface area contributed by atoms with Crippen LogP contribution in [-0.2, 0) is 19.2 Å². The number of rotatable bonds is 6. The van der Waals surface area contributed by atoms with Crippen LogP contribution >= 0.6 is 0 Å². The van der Waals surface area contributed by atoms with E-state index in [1.807, 2.05) is 13.8 Å². The Kier molecular flexibility index (Phi) is 9.87. The predicted molar refractivity (Wildman–Crippen MR) is 136 cm³/mol. The number of carbonyl (C=O) groups excluding carboxylic acids is 5. The molecule has 0 unspecified atom stereocenters. The Labute approximate surface area is 217 Å². The van der Waals surface area contributed by atoms with Crippen LogP contribution in [0.5, 0.6) is 5.75 Å². The molecule has 0 saturated carbocycles. The number of hydrogen-bond donors (Lipinski definition) is 3. The molecule has 1 saturated heterocycles. The lowest BCUT2D eigenvalue weighted by Gasteiger charge is -2.27. The third-order valence-electron chi connectivity index (χ3n) is 6.40. The summed E-state index contributed by atoms with van der Waals surface area (Å²) in [5.41, 5.74) is 0.215. The summed E-state index contributed by atoms with van der Waals surface area (Å²) in [7, 11) is 1.64. The van der Waals surface area contributed by atoms with E-state index < -0.39 is 29.8 Å². The number of hydrogen-bond acceptors (Lipinski definition) is 6. The van der Waals surface area contributed by atoms with Crippen LogP contribution in [0.4, 0.5) is 0 Å². The van der Waals surface area contributed by atoms with Gasteiger partial charge in [0.15, 0.2) is 0 Å². The van der Waals surface area contributed by atoms with Crippen molar-refractivity contribution in [1.29, 1.82) is 0 Å². The minimum atomic E-state index is -1.19. The fourth-order valence-corrected chi connectivity index (χ4v) is 4.40. The van der Waals surface area contributed by atoms with Gasteiger partial charge in [-0.25, -0.2) is 0 Å². The molecule has 2 atom stereocenters. The number of ether oxygens (including phenoxy) is 1. The highest BCUT2D eigenvalue weighted by Gasteiger charge is 2.30. The standard InChI is InChI=1S/C26H37N5O6/c1-17(2)15-20-26(36)30(3)13-14-37-21-8-5-4-7-18(21)24(34)29-19(16-22(32)28-20)25(35)27-10-12-31-11-6-9-23(31)33/h4-5,7-8,17,19-20H,6,9-16H2,1-3H3,(H,27,35)(H,28,32)(H,29,34)/t19-,20-/m0/s1. The van der Waals surface area contributed by atoms with E-state index in [0.717, 1.165) is 6.42 Å². The average Bonchev–Trinajstić information content (AvgIpc) is 3.26. The number of para-hydroxylation sites is 1. The van der Waals surface area contributed by atoms with Crippen molar-refractivity contribution >= 4 is 29.5 Å². The van der Waals surface area contributed by atoms with E-state index in [9.17, 15) is 24.0 Å². The van der Waals surface area contributed by atoms with Crippen molar-refractivity contribution in [2.24, 2.45) is 5.92 Å². The number of nitrogens with one attached hydrogen (secondary N) is 3. The maximum Gasteiger partial charge on any atom is 0.255 e. The molecule has 11 heteroatoms. The molecule has 37 heavy (non-hydrogen) atoms. The van der Waals surface area contributed by atoms with Gasteiger partial charge in [-0.3, -0.25) is 24.0 Å². The van der Waals surface area contributed by atoms with Crippen molar-refractivity contribution in [2.45, 2.75) is 51.6 Å². The lowest BCUT2D eigenvalue weighted by molar-refractivity contribution is -0.136. The highest BCUT2D eigenvalue weighted by molar-refractivity contribution is 6.01. The first-order valence-electron chi connectivity index (χ1n) is 12.8. The highest BCUT2D eigenvalue weighted by Crippen LogP contribution is 2.19. The van der Waals surface area contributed by atoms with Gasteiger partial charge >= 0.3 is 0 Å². The van der Waals surface area contributed by atoms with Gasteiger partial charge in [0.05, 0.1) is 18.5 Å². The van der Waals surface area contributed by atoms with Crippen molar-refractivity contribution in [2.75, 3.05) is 39.8 Å². The molecule has 0 bridgehead atoms. The van der Waals surface area contributed by atoms with Crippen LogP contribution in [0.1, 0.15) is 49.9 Å². The van der Waals surface area contributed by atoms with E-state index in [-0.39, 0.29) is 49.4 Å². The second-order valence-corrected chi connectivity index (χ2v) is 9.86. The first kappa shape index (κ1) is 27.9. The Morgan fingerprint density at radius 3 is 2.59 bits per heavy atom. The summed E-state index contributed by atoms with van der Waals surface area (Å²) in [6, 6.07) is 4.64.